The first-order valence-corrected chi connectivity index (χ1v) is 15.6. The number of rotatable bonds is 12. The van der Waals surface area contributed by atoms with Gasteiger partial charge in [-0.15, -0.1) is 11.8 Å². The molecule has 0 atom stereocenters. The predicted molar refractivity (Wildman–Crippen MR) is 185 cm³/mol. The smallest absolute Gasteiger partial charge is 0.272 e. The van der Waals surface area contributed by atoms with E-state index in [1.165, 1.54) is 17.8 Å². The van der Waals surface area contributed by atoms with Crippen LogP contribution in [0.2, 0.25) is 0 Å². The standard InChI is InChI=1S/C37H33N3O6S/c1-24-9-11-25(12-10-24)34-18-15-29(46-34)22-33(40-36(42)26-7-5-4-6-8-26)37(43)39-27-13-16-32(17-14-27)47-23-35(41)38-28-19-30(44-2)21-31(20-28)45-3/h4-22H,23H2,1-3H3,(H,38,41)(H,39,43)(H,40,42)/b33-22-. The Kier molecular flexibility index (Phi) is 10.8. The highest BCUT2D eigenvalue weighted by Crippen LogP contribution is 2.27. The van der Waals surface area contributed by atoms with Crippen molar-refractivity contribution in [3.63, 3.8) is 0 Å². The summed E-state index contributed by atoms with van der Waals surface area (Å²) in [6.45, 7) is 2.01. The van der Waals surface area contributed by atoms with Crippen LogP contribution in [0.4, 0.5) is 11.4 Å². The van der Waals surface area contributed by atoms with Gasteiger partial charge in [-0.05, 0) is 55.5 Å². The molecule has 0 bridgehead atoms. The lowest BCUT2D eigenvalue weighted by Crippen LogP contribution is -2.30. The van der Waals surface area contributed by atoms with Gasteiger partial charge in [-0.1, -0.05) is 48.0 Å². The van der Waals surface area contributed by atoms with Crippen molar-refractivity contribution in [2.24, 2.45) is 0 Å². The van der Waals surface area contributed by atoms with Crippen LogP contribution in [0.15, 0.2) is 124 Å². The van der Waals surface area contributed by atoms with E-state index in [2.05, 4.69) is 16.0 Å². The highest BCUT2D eigenvalue weighted by molar-refractivity contribution is 8.00. The van der Waals surface area contributed by atoms with Crippen LogP contribution >= 0.6 is 11.8 Å². The number of anilines is 2. The van der Waals surface area contributed by atoms with Crippen LogP contribution in [0.1, 0.15) is 21.7 Å². The molecule has 10 heteroatoms. The van der Waals surface area contributed by atoms with Crippen molar-refractivity contribution in [3.8, 4) is 22.8 Å². The van der Waals surface area contributed by atoms with E-state index >= 15 is 0 Å². The number of thioether (sulfide) groups is 1. The molecule has 0 saturated carbocycles. The molecule has 0 aliphatic carbocycles. The minimum atomic E-state index is -0.531. The van der Waals surface area contributed by atoms with E-state index < -0.39 is 11.8 Å². The molecule has 0 unspecified atom stereocenters. The molecule has 0 fully saturated rings. The maximum Gasteiger partial charge on any atom is 0.272 e. The molecule has 9 nitrogen and oxygen atoms in total. The van der Waals surface area contributed by atoms with E-state index in [0.29, 0.717) is 40.0 Å². The highest BCUT2D eigenvalue weighted by Gasteiger charge is 2.17. The Morgan fingerprint density at radius 3 is 2.11 bits per heavy atom. The quantitative estimate of drug-likeness (QED) is 0.0953. The number of hydrogen-bond acceptors (Lipinski definition) is 7. The third kappa shape index (κ3) is 9.15. The number of hydrogen-bond donors (Lipinski definition) is 3. The summed E-state index contributed by atoms with van der Waals surface area (Å²) in [6.07, 6.45) is 1.49. The second-order valence-corrected chi connectivity index (χ2v) is 11.4. The van der Waals surface area contributed by atoms with E-state index in [1.807, 2.05) is 43.3 Å². The van der Waals surface area contributed by atoms with Crippen LogP contribution in [0.5, 0.6) is 11.5 Å². The van der Waals surface area contributed by atoms with E-state index in [9.17, 15) is 14.4 Å². The van der Waals surface area contributed by atoms with Crippen LogP contribution in [0.3, 0.4) is 0 Å². The summed E-state index contributed by atoms with van der Waals surface area (Å²) in [6, 6.07) is 32.3. The van der Waals surface area contributed by atoms with Gasteiger partial charge in [0.1, 0.15) is 28.7 Å². The summed E-state index contributed by atoms with van der Waals surface area (Å²) < 4.78 is 16.5. The van der Waals surface area contributed by atoms with Crippen molar-refractivity contribution in [2.45, 2.75) is 11.8 Å². The lowest BCUT2D eigenvalue weighted by atomic mass is 10.1. The summed E-state index contributed by atoms with van der Waals surface area (Å²) in [7, 11) is 3.09. The van der Waals surface area contributed by atoms with E-state index in [0.717, 1.165) is 16.0 Å². The summed E-state index contributed by atoms with van der Waals surface area (Å²) in [5.41, 5.74) is 3.51. The summed E-state index contributed by atoms with van der Waals surface area (Å²) in [5.74, 6) is 1.17. The molecule has 3 amide bonds. The fraction of sp³-hybridized carbons (Fsp3) is 0.108. The first-order valence-electron chi connectivity index (χ1n) is 14.6. The first kappa shape index (κ1) is 32.6. The number of methoxy groups -OCH3 is 2. The maximum absolute atomic E-state index is 13.5. The lowest BCUT2D eigenvalue weighted by molar-refractivity contribution is -0.114. The molecule has 4 aromatic carbocycles. The average molecular weight is 648 g/mol. The van der Waals surface area contributed by atoms with Crippen LogP contribution in [-0.4, -0.2) is 37.7 Å². The monoisotopic (exact) mass is 647 g/mol. The number of furan rings is 1. The second kappa shape index (κ2) is 15.5. The van der Waals surface area contributed by atoms with Gasteiger partial charge in [-0.3, -0.25) is 14.4 Å². The number of benzene rings is 4. The molecular formula is C37H33N3O6S. The van der Waals surface area contributed by atoms with Crippen molar-refractivity contribution >= 4 is 46.9 Å². The molecule has 1 aromatic heterocycles. The van der Waals surface area contributed by atoms with E-state index in [-0.39, 0.29) is 17.4 Å². The molecule has 0 aliphatic rings. The summed E-state index contributed by atoms with van der Waals surface area (Å²) in [4.78, 5) is 39.9. The van der Waals surface area contributed by atoms with Crippen molar-refractivity contribution in [3.05, 3.63) is 132 Å². The zero-order valence-electron chi connectivity index (χ0n) is 26.0. The fourth-order valence-corrected chi connectivity index (χ4v) is 5.14. The van der Waals surface area contributed by atoms with Gasteiger partial charge in [0.25, 0.3) is 11.8 Å². The molecular weight excluding hydrogens is 614 g/mol. The van der Waals surface area contributed by atoms with Gasteiger partial charge in [-0.25, -0.2) is 0 Å². The molecule has 5 aromatic rings. The molecule has 1 heterocycles. The van der Waals surface area contributed by atoms with Crippen LogP contribution < -0.4 is 25.4 Å². The minimum absolute atomic E-state index is 0.00737. The van der Waals surface area contributed by atoms with Crippen molar-refractivity contribution < 1.29 is 28.3 Å². The Morgan fingerprint density at radius 2 is 1.45 bits per heavy atom. The average Bonchev–Trinajstić information content (AvgIpc) is 3.56. The Bertz CT molecular complexity index is 1860. The Hall–Kier alpha value is -5.74. The SMILES string of the molecule is COc1cc(NC(=O)CSc2ccc(NC(=O)/C(=C/c3ccc(-c4ccc(C)cc4)o3)NC(=O)c3ccccc3)cc2)cc(OC)c1. The molecule has 47 heavy (non-hydrogen) atoms. The number of aryl methyl sites for hydroxylation is 1. The molecule has 5 rings (SSSR count). The first-order chi connectivity index (χ1) is 22.8. The number of ether oxygens (including phenoxy) is 2. The third-order valence-corrected chi connectivity index (χ3v) is 7.91. The molecule has 0 radical (unpaired) electrons. The Morgan fingerprint density at radius 1 is 0.766 bits per heavy atom. The Labute approximate surface area is 277 Å². The fourth-order valence-electron chi connectivity index (χ4n) is 4.45. The number of carbonyl (C=O) groups is 3. The van der Waals surface area contributed by atoms with E-state index in [1.54, 1.807) is 87.0 Å². The number of nitrogens with one attached hydrogen (secondary N) is 3. The van der Waals surface area contributed by atoms with Gasteiger partial charge in [0.05, 0.1) is 20.0 Å². The molecule has 238 valence electrons. The Balaban J connectivity index is 1.25. The molecule has 3 N–H and O–H groups in total. The van der Waals surface area contributed by atoms with Gasteiger partial charge < -0.3 is 29.8 Å². The number of amides is 3. The largest absolute Gasteiger partial charge is 0.497 e. The topological polar surface area (TPSA) is 119 Å². The van der Waals surface area contributed by atoms with Gasteiger partial charge >= 0.3 is 0 Å². The summed E-state index contributed by atoms with van der Waals surface area (Å²) in [5, 5.41) is 8.40. The third-order valence-electron chi connectivity index (χ3n) is 6.90. The lowest BCUT2D eigenvalue weighted by Gasteiger charge is -2.12. The number of carbonyl (C=O) groups excluding carboxylic acids is 3. The normalized spacial score (nSPS) is 11.0. The van der Waals surface area contributed by atoms with Gasteiger partial charge in [0, 0.05) is 51.7 Å². The molecule has 0 spiro atoms. The zero-order valence-corrected chi connectivity index (χ0v) is 26.9. The van der Waals surface area contributed by atoms with Crippen molar-refractivity contribution in [2.75, 3.05) is 30.6 Å². The van der Waals surface area contributed by atoms with Crippen LogP contribution in [-0.2, 0) is 9.59 Å². The zero-order chi connectivity index (χ0) is 33.2. The predicted octanol–water partition coefficient (Wildman–Crippen LogP) is 7.41. The van der Waals surface area contributed by atoms with Crippen molar-refractivity contribution in [1.29, 1.82) is 0 Å². The van der Waals surface area contributed by atoms with Crippen LogP contribution in [0.25, 0.3) is 17.4 Å². The molecule has 0 aliphatic heterocycles. The van der Waals surface area contributed by atoms with Gasteiger partial charge in [0.15, 0.2) is 0 Å². The highest BCUT2D eigenvalue weighted by atomic mass is 32.2. The summed E-state index contributed by atoms with van der Waals surface area (Å²) >= 11 is 1.34. The maximum atomic E-state index is 13.5. The van der Waals surface area contributed by atoms with Gasteiger partial charge in [-0.2, -0.15) is 0 Å². The van der Waals surface area contributed by atoms with Crippen LogP contribution in [0, 0.1) is 6.92 Å². The minimum Gasteiger partial charge on any atom is -0.497 e. The van der Waals surface area contributed by atoms with Gasteiger partial charge in [0.2, 0.25) is 5.91 Å². The second-order valence-electron chi connectivity index (χ2n) is 10.4. The van der Waals surface area contributed by atoms with E-state index in [4.69, 9.17) is 13.9 Å². The van der Waals surface area contributed by atoms with Crippen molar-refractivity contribution in [1.82, 2.24) is 5.32 Å². The molecule has 0 saturated heterocycles.